The number of fused-ring (bicyclic) bond motifs is 1. The second-order valence-electron chi connectivity index (χ2n) is 7.27. The first kappa shape index (κ1) is 21.3. The molecule has 0 aromatic heterocycles. The van der Waals surface area contributed by atoms with E-state index < -0.39 is 16.1 Å². The van der Waals surface area contributed by atoms with E-state index in [1.54, 1.807) is 19.1 Å². The Kier molecular flexibility index (Phi) is 6.22. The van der Waals surface area contributed by atoms with Gasteiger partial charge in [0.1, 0.15) is 5.75 Å². The maximum absolute atomic E-state index is 12.7. The molecule has 31 heavy (non-hydrogen) atoms. The lowest BCUT2D eigenvalue weighted by Gasteiger charge is -2.26. The Morgan fingerprint density at radius 3 is 2.42 bits per heavy atom. The minimum absolute atomic E-state index is 0.187. The molecule has 1 heterocycles. The number of benzene rings is 3. The van der Waals surface area contributed by atoms with Gasteiger partial charge in [0.05, 0.1) is 18.1 Å². The Morgan fingerprint density at radius 1 is 1.00 bits per heavy atom. The molecule has 0 radical (unpaired) electrons. The molecule has 1 amide bonds. The lowest BCUT2D eigenvalue weighted by molar-refractivity contribution is -0.122. The monoisotopic (exact) mass is 440 g/mol. The van der Waals surface area contributed by atoms with E-state index in [-0.39, 0.29) is 10.8 Å². The molecule has 7 nitrogen and oxygen atoms in total. The smallest absolute Gasteiger partial charge is 0.265 e. The van der Waals surface area contributed by atoms with Crippen molar-refractivity contribution in [1.29, 1.82) is 0 Å². The van der Waals surface area contributed by atoms with Gasteiger partial charge >= 0.3 is 0 Å². The number of amides is 1. The number of hydrogen-bond donors (Lipinski definition) is 1. The van der Waals surface area contributed by atoms with Gasteiger partial charge in [0.25, 0.3) is 5.91 Å². The Hall–Kier alpha value is -2.94. The standard InChI is InChI=1S/C23H24N2O5S/c1-17(30-22-8-4-6-18-5-2-3-7-21(18)22)23(26)24-19-9-11-20(12-10-19)31(27,28)25-13-15-29-16-14-25/h2-12,17H,13-16H2,1H3,(H,24,26)/t17-/m0/s1. The number of rotatable bonds is 6. The van der Waals surface area contributed by atoms with Gasteiger partial charge in [-0.2, -0.15) is 4.31 Å². The summed E-state index contributed by atoms with van der Waals surface area (Å²) in [7, 11) is -3.57. The van der Waals surface area contributed by atoms with E-state index in [2.05, 4.69) is 5.32 Å². The fraction of sp³-hybridized carbons (Fsp3) is 0.261. The highest BCUT2D eigenvalue weighted by atomic mass is 32.2. The predicted octanol–water partition coefficient (Wildman–Crippen LogP) is 3.27. The lowest BCUT2D eigenvalue weighted by atomic mass is 10.1. The highest BCUT2D eigenvalue weighted by Gasteiger charge is 2.26. The number of hydrogen-bond acceptors (Lipinski definition) is 5. The van der Waals surface area contributed by atoms with Crippen LogP contribution in [0.2, 0.25) is 0 Å². The number of nitrogens with one attached hydrogen (secondary N) is 1. The number of carbonyl (C=O) groups excluding carboxylic acids is 1. The Morgan fingerprint density at radius 2 is 1.68 bits per heavy atom. The van der Waals surface area contributed by atoms with Crippen LogP contribution in [0.3, 0.4) is 0 Å². The van der Waals surface area contributed by atoms with E-state index in [0.29, 0.717) is 37.7 Å². The number of morpholine rings is 1. The van der Waals surface area contributed by atoms with Crippen molar-refractivity contribution in [2.24, 2.45) is 0 Å². The molecule has 1 saturated heterocycles. The summed E-state index contributed by atoms with van der Waals surface area (Å²) in [6, 6.07) is 19.7. The Bertz CT molecular complexity index is 1170. The molecular weight excluding hydrogens is 416 g/mol. The maximum Gasteiger partial charge on any atom is 0.265 e. The fourth-order valence-electron chi connectivity index (χ4n) is 3.43. The topological polar surface area (TPSA) is 84.9 Å². The summed E-state index contributed by atoms with van der Waals surface area (Å²) in [4.78, 5) is 12.8. The molecule has 162 valence electrons. The third kappa shape index (κ3) is 4.71. The highest BCUT2D eigenvalue weighted by molar-refractivity contribution is 7.89. The molecule has 0 spiro atoms. The molecule has 3 aromatic carbocycles. The first-order valence-electron chi connectivity index (χ1n) is 10.1. The van der Waals surface area contributed by atoms with Crippen LogP contribution in [0, 0.1) is 0 Å². The zero-order valence-corrected chi connectivity index (χ0v) is 18.0. The quantitative estimate of drug-likeness (QED) is 0.636. The first-order valence-corrected chi connectivity index (χ1v) is 11.5. The zero-order chi connectivity index (χ0) is 21.8. The summed E-state index contributed by atoms with van der Waals surface area (Å²) in [5.74, 6) is 0.310. The molecule has 0 aliphatic carbocycles. The summed E-state index contributed by atoms with van der Waals surface area (Å²) in [5.41, 5.74) is 0.499. The summed E-state index contributed by atoms with van der Waals surface area (Å²) in [6.45, 7) is 3.13. The van der Waals surface area contributed by atoms with Crippen LogP contribution in [0.5, 0.6) is 5.75 Å². The number of anilines is 1. The Balaban J connectivity index is 1.42. The molecule has 1 atom stereocenters. The van der Waals surface area contributed by atoms with Gasteiger partial charge in [0.15, 0.2) is 6.10 Å². The molecule has 8 heteroatoms. The molecule has 1 N–H and O–H groups in total. The van der Waals surface area contributed by atoms with Crippen molar-refractivity contribution in [3.8, 4) is 5.75 Å². The highest BCUT2D eigenvalue weighted by Crippen LogP contribution is 2.26. The molecule has 1 aliphatic rings. The molecule has 3 aromatic rings. The summed E-state index contributed by atoms with van der Waals surface area (Å²) >= 11 is 0. The summed E-state index contributed by atoms with van der Waals surface area (Å²) in [5, 5.41) is 4.74. The molecule has 0 bridgehead atoms. The summed E-state index contributed by atoms with van der Waals surface area (Å²) < 4.78 is 37.9. The van der Waals surface area contributed by atoms with Gasteiger partial charge in [0, 0.05) is 24.2 Å². The van der Waals surface area contributed by atoms with E-state index in [1.807, 2.05) is 42.5 Å². The van der Waals surface area contributed by atoms with E-state index in [0.717, 1.165) is 10.8 Å². The van der Waals surface area contributed by atoms with Gasteiger partial charge in [-0.05, 0) is 42.6 Å². The largest absolute Gasteiger partial charge is 0.480 e. The second kappa shape index (κ2) is 9.05. The Labute approximate surface area is 181 Å². The van der Waals surface area contributed by atoms with Crippen LogP contribution in [-0.2, 0) is 19.6 Å². The summed E-state index contributed by atoms with van der Waals surface area (Å²) in [6.07, 6.45) is -0.734. The van der Waals surface area contributed by atoms with Crippen molar-refractivity contribution >= 4 is 32.4 Å². The van der Waals surface area contributed by atoms with Crippen molar-refractivity contribution in [1.82, 2.24) is 4.31 Å². The van der Waals surface area contributed by atoms with Crippen LogP contribution >= 0.6 is 0 Å². The van der Waals surface area contributed by atoms with Crippen LogP contribution in [-0.4, -0.2) is 51.0 Å². The second-order valence-corrected chi connectivity index (χ2v) is 9.21. The van der Waals surface area contributed by atoms with Crippen molar-refractivity contribution in [2.45, 2.75) is 17.9 Å². The van der Waals surface area contributed by atoms with Gasteiger partial charge in [-0.1, -0.05) is 36.4 Å². The fourth-order valence-corrected chi connectivity index (χ4v) is 4.84. The molecule has 1 fully saturated rings. The van der Waals surface area contributed by atoms with Crippen molar-refractivity contribution in [3.05, 3.63) is 66.7 Å². The molecule has 1 aliphatic heterocycles. The number of ether oxygens (including phenoxy) is 2. The van der Waals surface area contributed by atoms with Crippen LogP contribution in [0.15, 0.2) is 71.6 Å². The van der Waals surface area contributed by atoms with Gasteiger partial charge in [0.2, 0.25) is 10.0 Å². The minimum atomic E-state index is -3.57. The number of sulfonamides is 1. The zero-order valence-electron chi connectivity index (χ0n) is 17.2. The van der Waals surface area contributed by atoms with Crippen LogP contribution in [0.25, 0.3) is 10.8 Å². The predicted molar refractivity (Wildman–Crippen MR) is 119 cm³/mol. The molecule has 0 unspecified atom stereocenters. The SMILES string of the molecule is C[C@H](Oc1cccc2ccccc12)C(=O)Nc1ccc(S(=O)(=O)N2CCOCC2)cc1. The van der Waals surface area contributed by atoms with E-state index in [1.165, 1.54) is 16.4 Å². The third-order valence-electron chi connectivity index (χ3n) is 5.15. The van der Waals surface area contributed by atoms with Crippen molar-refractivity contribution < 1.29 is 22.7 Å². The van der Waals surface area contributed by atoms with Crippen molar-refractivity contribution in [2.75, 3.05) is 31.6 Å². The number of carbonyl (C=O) groups is 1. The van der Waals surface area contributed by atoms with E-state index in [9.17, 15) is 13.2 Å². The average molecular weight is 441 g/mol. The maximum atomic E-state index is 12.7. The van der Waals surface area contributed by atoms with Crippen LogP contribution in [0.4, 0.5) is 5.69 Å². The number of nitrogens with zero attached hydrogens (tertiary/aromatic N) is 1. The van der Waals surface area contributed by atoms with Gasteiger partial charge in [-0.15, -0.1) is 0 Å². The van der Waals surface area contributed by atoms with Gasteiger partial charge in [-0.3, -0.25) is 4.79 Å². The van der Waals surface area contributed by atoms with E-state index >= 15 is 0 Å². The van der Waals surface area contributed by atoms with Gasteiger partial charge in [-0.25, -0.2) is 8.42 Å². The van der Waals surface area contributed by atoms with Crippen molar-refractivity contribution in [3.63, 3.8) is 0 Å². The third-order valence-corrected chi connectivity index (χ3v) is 7.07. The molecule has 4 rings (SSSR count). The van der Waals surface area contributed by atoms with Crippen LogP contribution < -0.4 is 10.1 Å². The molecular formula is C23H24N2O5S. The lowest BCUT2D eigenvalue weighted by Crippen LogP contribution is -2.40. The van der Waals surface area contributed by atoms with E-state index in [4.69, 9.17) is 9.47 Å². The van der Waals surface area contributed by atoms with Gasteiger partial charge < -0.3 is 14.8 Å². The van der Waals surface area contributed by atoms with Crippen LogP contribution in [0.1, 0.15) is 6.92 Å². The first-order chi connectivity index (χ1) is 14.9. The minimum Gasteiger partial charge on any atom is -0.480 e. The average Bonchev–Trinajstić information content (AvgIpc) is 2.80. The molecule has 0 saturated carbocycles. The normalized spacial score (nSPS) is 16.0.